The second-order valence-electron chi connectivity index (χ2n) is 4.71. The summed E-state index contributed by atoms with van der Waals surface area (Å²) in [6, 6.07) is 6.30. The van der Waals surface area contributed by atoms with E-state index in [-0.39, 0.29) is 10.4 Å². The highest BCUT2D eigenvalue weighted by Gasteiger charge is 2.25. The van der Waals surface area contributed by atoms with Crippen molar-refractivity contribution in [3.63, 3.8) is 0 Å². The second kappa shape index (κ2) is 4.56. The number of hydrogen-bond acceptors (Lipinski definition) is 5. The Hall–Kier alpha value is -1.05. The van der Waals surface area contributed by atoms with Crippen molar-refractivity contribution >= 4 is 32.6 Å². The molecule has 1 heterocycles. The zero-order chi connectivity index (χ0) is 13.4. The van der Waals surface area contributed by atoms with Crippen LogP contribution in [0.25, 0.3) is 0 Å². The number of hydrogen-bond donors (Lipinski definition) is 2. The molecule has 0 saturated heterocycles. The van der Waals surface area contributed by atoms with Crippen molar-refractivity contribution in [1.82, 2.24) is 0 Å². The van der Waals surface area contributed by atoms with Gasteiger partial charge < -0.3 is 5.32 Å². The molecule has 0 amide bonds. The molecule has 0 radical (unpaired) electrons. The van der Waals surface area contributed by atoms with Gasteiger partial charge in [0.1, 0.15) is 0 Å². The van der Waals surface area contributed by atoms with Crippen molar-refractivity contribution in [3.8, 4) is 0 Å². The maximum absolute atomic E-state index is 11.1. The van der Waals surface area contributed by atoms with Gasteiger partial charge in [0.2, 0.25) is 10.0 Å². The standard InChI is InChI=1S/C11H15N3O2S2/c1-11(2)7-17-10(14-11)13-8-3-5-9(6-4-8)18(12,15)16/h3-6H,7H2,1-2H3,(H,13,14)(H2,12,15,16). The minimum Gasteiger partial charge on any atom is -0.335 e. The Balaban J connectivity index is 2.13. The third kappa shape index (κ3) is 3.24. The first-order valence-electron chi connectivity index (χ1n) is 5.39. The molecule has 0 atom stereocenters. The van der Waals surface area contributed by atoms with Crippen molar-refractivity contribution in [3.05, 3.63) is 24.3 Å². The Morgan fingerprint density at radius 1 is 1.33 bits per heavy atom. The molecule has 0 aromatic heterocycles. The maximum Gasteiger partial charge on any atom is 0.238 e. The van der Waals surface area contributed by atoms with Gasteiger partial charge in [0.05, 0.1) is 10.4 Å². The molecule has 7 heteroatoms. The Labute approximate surface area is 111 Å². The Morgan fingerprint density at radius 2 is 1.94 bits per heavy atom. The third-order valence-corrected chi connectivity index (χ3v) is 4.65. The minimum atomic E-state index is -3.63. The van der Waals surface area contributed by atoms with Gasteiger partial charge in [-0.15, -0.1) is 0 Å². The van der Waals surface area contributed by atoms with Gasteiger partial charge in [-0.25, -0.2) is 13.6 Å². The monoisotopic (exact) mass is 285 g/mol. The van der Waals surface area contributed by atoms with Crippen LogP contribution in [-0.4, -0.2) is 24.9 Å². The van der Waals surface area contributed by atoms with E-state index in [0.717, 1.165) is 16.6 Å². The first-order chi connectivity index (χ1) is 8.26. The summed E-state index contributed by atoms with van der Waals surface area (Å²) in [6.07, 6.45) is 0. The lowest BCUT2D eigenvalue weighted by molar-refractivity contribution is 0.598. The molecule has 0 spiro atoms. The lowest BCUT2D eigenvalue weighted by atomic mass is 10.1. The number of nitrogens with two attached hydrogens (primary N) is 1. The summed E-state index contributed by atoms with van der Waals surface area (Å²) in [4.78, 5) is 4.62. The van der Waals surface area contributed by atoms with Gasteiger partial charge in [0, 0.05) is 11.4 Å². The average molecular weight is 285 g/mol. The van der Waals surface area contributed by atoms with Gasteiger partial charge in [0.25, 0.3) is 0 Å². The fourth-order valence-electron chi connectivity index (χ4n) is 1.50. The van der Waals surface area contributed by atoms with Crippen molar-refractivity contribution < 1.29 is 8.42 Å². The number of nitrogens with zero attached hydrogens (tertiary/aromatic N) is 1. The number of nitrogens with one attached hydrogen (secondary N) is 1. The molecule has 0 saturated carbocycles. The molecule has 1 aromatic rings. The molecule has 0 unspecified atom stereocenters. The fourth-order valence-corrected chi connectivity index (χ4v) is 3.07. The van der Waals surface area contributed by atoms with Crippen LogP contribution in [0.2, 0.25) is 0 Å². The van der Waals surface area contributed by atoms with E-state index in [1.807, 2.05) is 0 Å². The molecule has 3 N–H and O–H groups in total. The Bertz CT molecular complexity index is 577. The van der Waals surface area contributed by atoms with Crippen LogP contribution in [-0.2, 0) is 10.0 Å². The van der Waals surface area contributed by atoms with E-state index in [1.54, 1.807) is 23.9 Å². The fraction of sp³-hybridized carbons (Fsp3) is 0.364. The predicted octanol–water partition coefficient (Wildman–Crippen LogP) is 1.63. The molecular weight excluding hydrogens is 270 g/mol. The number of primary sulfonamides is 1. The Kier molecular flexibility index (Phi) is 3.39. The number of amidine groups is 1. The van der Waals surface area contributed by atoms with Gasteiger partial charge >= 0.3 is 0 Å². The van der Waals surface area contributed by atoms with Crippen LogP contribution in [0, 0.1) is 0 Å². The van der Waals surface area contributed by atoms with Crippen LogP contribution in [0.15, 0.2) is 34.2 Å². The largest absolute Gasteiger partial charge is 0.335 e. The molecule has 1 aliphatic rings. The number of anilines is 1. The van der Waals surface area contributed by atoms with Gasteiger partial charge in [-0.1, -0.05) is 11.8 Å². The van der Waals surface area contributed by atoms with E-state index in [1.165, 1.54) is 12.1 Å². The molecule has 1 aromatic carbocycles. The number of sulfonamides is 1. The quantitative estimate of drug-likeness (QED) is 0.865. The zero-order valence-corrected chi connectivity index (χ0v) is 11.8. The first kappa shape index (κ1) is 13.4. The highest BCUT2D eigenvalue weighted by atomic mass is 32.2. The molecule has 18 heavy (non-hydrogen) atoms. The van der Waals surface area contributed by atoms with Crippen molar-refractivity contribution in [2.24, 2.45) is 10.1 Å². The average Bonchev–Trinajstić information content (AvgIpc) is 2.57. The smallest absolute Gasteiger partial charge is 0.238 e. The normalized spacial score (nSPS) is 18.5. The molecule has 5 nitrogen and oxygen atoms in total. The molecule has 2 rings (SSSR count). The van der Waals surface area contributed by atoms with Crippen LogP contribution in [0.3, 0.4) is 0 Å². The van der Waals surface area contributed by atoms with Crippen LogP contribution in [0.5, 0.6) is 0 Å². The summed E-state index contributed by atoms with van der Waals surface area (Å²) in [5.41, 5.74) is 0.749. The molecule has 1 aliphatic heterocycles. The molecule has 0 aliphatic carbocycles. The summed E-state index contributed by atoms with van der Waals surface area (Å²) in [5.74, 6) is 0.935. The SMILES string of the molecule is CC1(C)CSC(Nc2ccc(S(N)(=O)=O)cc2)=N1. The second-order valence-corrected chi connectivity index (χ2v) is 7.24. The van der Waals surface area contributed by atoms with Gasteiger partial charge in [-0.05, 0) is 38.1 Å². The van der Waals surface area contributed by atoms with E-state index in [4.69, 9.17) is 5.14 Å². The Morgan fingerprint density at radius 3 is 2.39 bits per heavy atom. The van der Waals surface area contributed by atoms with E-state index in [0.29, 0.717) is 0 Å². The topological polar surface area (TPSA) is 84.5 Å². The summed E-state index contributed by atoms with van der Waals surface area (Å²) in [5, 5.41) is 9.03. The highest BCUT2D eigenvalue weighted by Crippen LogP contribution is 2.27. The van der Waals surface area contributed by atoms with Crippen LogP contribution < -0.4 is 10.5 Å². The summed E-state index contributed by atoms with van der Waals surface area (Å²) >= 11 is 1.65. The summed E-state index contributed by atoms with van der Waals surface area (Å²) < 4.78 is 22.2. The summed E-state index contributed by atoms with van der Waals surface area (Å²) in [6.45, 7) is 4.14. The lowest BCUT2D eigenvalue weighted by Crippen LogP contribution is -2.15. The molecule has 0 bridgehead atoms. The zero-order valence-electron chi connectivity index (χ0n) is 10.2. The number of aliphatic imine (C=N–C) groups is 1. The lowest BCUT2D eigenvalue weighted by Gasteiger charge is -2.09. The molecular formula is C11H15N3O2S2. The molecule has 98 valence electrons. The highest BCUT2D eigenvalue weighted by molar-refractivity contribution is 8.14. The summed E-state index contributed by atoms with van der Waals surface area (Å²) in [7, 11) is -3.63. The van der Waals surface area contributed by atoms with Gasteiger partial charge in [-0.2, -0.15) is 0 Å². The van der Waals surface area contributed by atoms with E-state index >= 15 is 0 Å². The first-order valence-corrected chi connectivity index (χ1v) is 7.92. The minimum absolute atomic E-state index is 0.0481. The van der Waals surface area contributed by atoms with Crippen molar-refractivity contribution in [1.29, 1.82) is 0 Å². The predicted molar refractivity (Wildman–Crippen MR) is 75.4 cm³/mol. The van der Waals surface area contributed by atoms with E-state index in [9.17, 15) is 8.42 Å². The van der Waals surface area contributed by atoms with E-state index in [2.05, 4.69) is 24.2 Å². The van der Waals surface area contributed by atoms with E-state index < -0.39 is 10.0 Å². The molecule has 0 fully saturated rings. The number of benzene rings is 1. The van der Waals surface area contributed by atoms with Crippen molar-refractivity contribution in [2.45, 2.75) is 24.3 Å². The maximum atomic E-state index is 11.1. The third-order valence-electron chi connectivity index (χ3n) is 2.40. The van der Waals surface area contributed by atoms with Crippen molar-refractivity contribution in [2.75, 3.05) is 11.1 Å². The number of thioether (sulfide) groups is 1. The van der Waals surface area contributed by atoms with Crippen LogP contribution in [0.4, 0.5) is 5.69 Å². The number of rotatable bonds is 2. The van der Waals surface area contributed by atoms with Crippen LogP contribution >= 0.6 is 11.8 Å². The van der Waals surface area contributed by atoms with Gasteiger partial charge in [-0.3, -0.25) is 4.99 Å². The van der Waals surface area contributed by atoms with Crippen LogP contribution in [0.1, 0.15) is 13.8 Å². The van der Waals surface area contributed by atoms with Gasteiger partial charge in [0.15, 0.2) is 5.17 Å².